The number of aromatic nitrogens is 5. The maximum atomic E-state index is 5.17. The van der Waals surface area contributed by atoms with Crippen LogP contribution in [0.25, 0.3) is 99.5 Å². The summed E-state index contributed by atoms with van der Waals surface area (Å²) in [7, 11) is 0. The Bertz CT molecular complexity index is 3170. The highest BCUT2D eigenvalue weighted by molar-refractivity contribution is 6.22. The lowest BCUT2D eigenvalue weighted by Gasteiger charge is -2.10. The summed E-state index contributed by atoms with van der Waals surface area (Å²) in [4.78, 5) is 14.7. The van der Waals surface area contributed by atoms with Crippen molar-refractivity contribution in [1.29, 1.82) is 0 Å². The molecular formula is C47H29N5. The van der Waals surface area contributed by atoms with E-state index in [4.69, 9.17) is 15.0 Å². The van der Waals surface area contributed by atoms with Crippen molar-refractivity contribution in [2.75, 3.05) is 0 Å². The molecule has 7 aromatic carbocycles. The van der Waals surface area contributed by atoms with Crippen LogP contribution in [0.1, 0.15) is 0 Å². The van der Waals surface area contributed by atoms with E-state index >= 15 is 0 Å². The minimum atomic E-state index is 0.589. The Morgan fingerprint density at radius 1 is 0.346 bits per heavy atom. The Kier molecular flexibility index (Phi) is 6.18. The average Bonchev–Trinajstić information content (AvgIpc) is 3.79. The van der Waals surface area contributed by atoms with Crippen molar-refractivity contribution in [3.63, 3.8) is 0 Å². The molecule has 0 N–H and O–H groups in total. The average molecular weight is 664 g/mol. The van der Waals surface area contributed by atoms with E-state index in [0.717, 1.165) is 49.4 Å². The molecule has 0 aliphatic carbocycles. The summed E-state index contributed by atoms with van der Waals surface area (Å²) in [5.41, 5.74) is 11.2. The van der Waals surface area contributed by atoms with Gasteiger partial charge in [0.25, 0.3) is 0 Å². The van der Waals surface area contributed by atoms with Crippen molar-refractivity contribution in [2.45, 2.75) is 0 Å². The number of benzene rings is 7. The van der Waals surface area contributed by atoms with E-state index in [1.807, 2.05) is 6.07 Å². The maximum Gasteiger partial charge on any atom is 0.238 e. The molecule has 0 atom stereocenters. The van der Waals surface area contributed by atoms with Crippen LogP contribution in [0.4, 0.5) is 0 Å². The summed E-state index contributed by atoms with van der Waals surface area (Å²) < 4.78 is 4.62. The largest absolute Gasteiger partial charge is 0.309 e. The zero-order chi connectivity index (χ0) is 34.2. The zero-order valence-electron chi connectivity index (χ0n) is 28.0. The first-order chi connectivity index (χ1) is 25.8. The van der Waals surface area contributed by atoms with Crippen LogP contribution in [0.5, 0.6) is 0 Å². The predicted octanol–water partition coefficient (Wildman–Crippen LogP) is 11.7. The van der Waals surface area contributed by atoms with Crippen molar-refractivity contribution in [1.82, 2.24) is 23.9 Å². The Hall–Kier alpha value is -7.11. The topological polar surface area (TPSA) is 48.0 Å². The van der Waals surface area contributed by atoms with Crippen LogP contribution in [0.3, 0.4) is 0 Å². The van der Waals surface area contributed by atoms with Crippen molar-refractivity contribution in [3.05, 3.63) is 176 Å². The van der Waals surface area contributed by atoms with E-state index in [9.17, 15) is 0 Å². The molecule has 0 saturated heterocycles. The van der Waals surface area contributed by atoms with Gasteiger partial charge in [-0.3, -0.25) is 4.57 Å². The smallest absolute Gasteiger partial charge is 0.238 e. The molecule has 5 heteroatoms. The zero-order valence-corrected chi connectivity index (χ0v) is 28.0. The van der Waals surface area contributed by atoms with E-state index in [0.29, 0.717) is 11.8 Å². The molecule has 52 heavy (non-hydrogen) atoms. The van der Waals surface area contributed by atoms with Gasteiger partial charge in [-0.1, -0.05) is 140 Å². The Morgan fingerprint density at radius 2 is 0.923 bits per heavy atom. The number of fused-ring (bicyclic) bond motifs is 12. The van der Waals surface area contributed by atoms with Crippen LogP contribution in [0.15, 0.2) is 176 Å². The number of rotatable bonds is 4. The van der Waals surface area contributed by atoms with E-state index in [2.05, 4.69) is 173 Å². The minimum Gasteiger partial charge on any atom is -0.309 e. The first-order valence-electron chi connectivity index (χ1n) is 17.5. The molecule has 11 aromatic rings. The minimum absolute atomic E-state index is 0.589. The lowest BCUT2D eigenvalue weighted by Crippen LogP contribution is -2.03. The molecule has 0 unspecified atom stereocenters. The highest BCUT2D eigenvalue weighted by Crippen LogP contribution is 2.40. The lowest BCUT2D eigenvalue weighted by atomic mass is 9.99. The van der Waals surface area contributed by atoms with E-state index in [1.54, 1.807) is 6.33 Å². The molecule has 0 saturated carbocycles. The summed E-state index contributed by atoms with van der Waals surface area (Å²) >= 11 is 0. The van der Waals surface area contributed by atoms with Crippen LogP contribution in [-0.2, 0) is 0 Å². The molecule has 11 rings (SSSR count). The van der Waals surface area contributed by atoms with Gasteiger partial charge in [-0.25, -0.2) is 9.97 Å². The molecule has 0 fully saturated rings. The predicted molar refractivity (Wildman–Crippen MR) is 214 cm³/mol. The van der Waals surface area contributed by atoms with Crippen LogP contribution < -0.4 is 0 Å². The molecule has 0 spiro atoms. The Morgan fingerprint density at radius 3 is 1.71 bits per heavy atom. The summed E-state index contributed by atoms with van der Waals surface area (Å²) in [5.74, 6) is 1.22. The highest BCUT2D eigenvalue weighted by atomic mass is 15.2. The lowest BCUT2D eigenvalue weighted by molar-refractivity contribution is 0.948. The first-order valence-corrected chi connectivity index (χ1v) is 17.5. The van der Waals surface area contributed by atoms with Gasteiger partial charge in [0.2, 0.25) is 5.95 Å². The van der Waals surface area contributed by atoms with E-state index in [1.165, 1.54) is 38.3 Å². The first kappa shape index (κ1) is 28.7. The van der Waals surface area contributed by atoms with Gasteiger partial charge >= 0.3 is 0 Å². The Balaban J connectivity index is 1.11. The molecule has 242 valence electrons. The molecule has 0 aliphatic rings. The fourth-order valence-electron chi connectivity index (χ4n) is 8.10. The van der Waals surface area contributed by atoms with Gasteiger partial charge in [0.05, 0.1) is 27.6 Å². The van der Waals surface area contributed by atoms with Crippen molar-refractivity contribution in [2.24, 2.45) is 0 Å². The van der Waals surface area contributed by atoms with Gasteiger partial charge in [-0.05, 0) is 58.0 Å². The van der Waals surface area contributed by atoms with Crippen LogP contribution in [0.2, 0.25) is 0 Å². The third-order valence-electron chi connectivity index (χ3n) is 10.5. The number of para-hydroxylation sites is 2. The molecule has 0 bridgehead atoms. The van der Waals surface area contributed by atoms with Crippen LogP contribution >= 0.6 is 0 Å². The summed E-state index contributed by atoms with van der Waals surface area (Å²) in [6.07, 6.45) is 1.64. The standard InChI is InChI=1S/C47H29N5/c1-2-11-30(12-3-1)31-21-23-32(24-22-31)33-13-10-14-34(27-33)46-48-29-49-47(50-46)52-42-20-9-7-18-38(42)39-25-26-43-40(45(39)52)28-44-37-17-5-4-15-35(37)36-16-6-8-19-41(36)51(43)44/h1-29H. The van der Waals surface area contributed by atoms with E-state index in [-0.39, 0.29) is 0 Å². The van der Waals surface area contributed by atoms with Gasteiger partial charge in [0.1, 0.15) is 6.33 Å². The van der Waals surface area contributed by atoms with Gasteiger partial charge < -0.3 is 4.40 Å². The third-order valence-corrected chi connectivity index (χ3v) is 10.5. The third kappa shape index (κ3) is 4.26. The monoisotopic (exact) mass is 663 g/mol. The highest BCUT2D eigenvalue weighted by Gasteiger charge is 2.21. The second kappa shape index (κ2) is 11.2. The summed E-state index contributed by atoms with van der Waals surface area (Å²) in [6.45, 7) is 0. The fourth-order valence-corrected chi connectivity index (χ4v) is 8.10. The van der Waals surface area contributed by atoms with Crippen LogP contribution in [-0.4, -0.2) is 23.9 Å². The summed E-state index contributed by atoms with van der Waals surface area (Å²) in [5, 5.41) is 7.19. The molecule has 4 heterocycles. The maximum absolute atomic E-state index is 5.17. The van der Waals surface area contributed by atoms with Gasteiger partial charge in [0.15, 0.2) is 5.82 Å². The molecule has 0 amide bonds. The number of hydrogen-bond donors (Lipinski definition) is 0. The number of nitrogens with zero attached hydrogens (tertiary/aromatic N) is 5. The molecule has 0 aliphatic heterocycles. The van der Waals surface area contributed by atoms with Crippen LogP contribution in [0, 0.1) is 0 Å². The normalized spacial score (nSPS) is 11.8. The van der Waals surface area contributed by atoms with Crippen molar-refractivity contribution in [3.8, 4) is 39.6 Å². The molecule has 0 radical (unpaired) electrons. The van der Waals surface area contributed by atoms with Gasteiger partial charge in [-0.2, -0.15) is 4.98 Å². The molecule has 5 nitrogen and oxygen atoms in total. The van der Waals surface area contributed by atoms with Crippen molar-refractivity contribution < 1.29 is 0 Å². The quantitative estimate of drug-likeness (QED) is 0.176. The SMILES string of the molecule is c1ccc(-c2ccc(-c3cccc(-c4ncnc(-n5c6ccccc6c6ccc7c(cc8c9ccccc9c9ccccc9n87)c65)n4)c3)cc2)cc1. The van der Waals surface area contributed by atoms with Gasteiger partial charge in [0, 0.05) is 32.5 Å². The van der Waals surface area contributed by atoms with E-state index < -0.39 is 0 Å². The second-order valence-electron chi connectivity index (χ2n) is 13.3. The fraction of sp³-hybridized carbons (Fsp3) is 0. The molecule has 4 aromatic heterocycles. The van der Waals surface area contributed by atoms with Gasteiger partial charge in [-0.15, -0.1) is 0 Å². The summed E-state index contributed by atoms with van der Waals surface area (Å²) in [6, 6.07) is 60.4. The number of pyridine rings is 1. The Labute approximate surface area is 298 Å². The molecular weight excluding hydrogens is 635 g/mol. The van der Waals surface area contributed by atoms with Crippen molar-refractivity contribution >= 4 is 59.9 Å². The number of hydrogen-bond acceptors (Lipinski definition) is 3. The second-order valence-corrected chi connectivity index (χ2v) is 13.3.